The molecule has 236 valence electrons. The summed E-state index contributed by atoms with van der Waals surface area (Å²) < 4.78 is 0. The van der Waals surface area contributed by atoms with Crippen LogP contribution in [0.15, 0.2) is 59.7 Å². The van der Waals surface area contributed by atoms with Gasteiger partial charge < -0.3 is 25.4 Å². The van der Waals surface area contributed by atoms with Crippen LogP contribution < -0.4 is 26.4 Å². The minimum absolute atomic E-state index is 0.00500. The molecule has 16 heteroatoms. The molecule has 2 saturated heterocycles. The molecule has 4 aliphatic heterocycles. The van der Waals surface area contributed by atoms with Gasteiger partial charge in [-0.3, -0.25) is 39.1 Å². The number of hydrogen-bond donors (Lipinski definition) is 4. The molecule has 0 radical (unpaired) electrons. The molecule has 0 bridgehead atoms. The molecule has 5 rings (SSSR count). The van der Waals surface area contributed by atoms with Crippen LogP contribution in [0.1, 0.15) is 25.5 Å². The Morgan fingerprint density at radius 3 is 2.56 bits per heavy atom. The number of urea groups is 1. The SMILES string of the molecule is CCN1CCN(C(=O)NC(C(=O)NC2=C(NC=O)[C+]=CNC2)c2ccccc2)C(=O)C1=O.C[C@H]1C(=O)N2C(C(=O)[O-])=CCS[C@@H]12. The van der Waals surface area contributed by atoms with Crippen molar-refractivity contribution in [2.24, 2.45) is 5.92 Å². The van der Waals surface area contributed by atoms with Crippen LogP contribution >= 0.6 is 11.8 Å². The Kier molecular flexibility index (Phi) is 10.5. The first kappa shape index (κ1) is 32.7. The van der Waals surface area contributed by atoms with Crippen LogP contribution in [0, 0.1) is 12.0 Å². The number of aliphatic carboxylic acids is 1. The van der Waals surface area contributed by atoms with Crippen LogP contribution in [-0.2, 0) is 28.8 Å². The highest BCUT2D eigenvalue weighted by Gasteiger charge is 2.47. The smallest absolute Gasteiger partial charge is 0.325 e. The van der Waals surface area contributed by atoms with E-state index in [-0.39, 0.29) is 48.2 Å². The molecule has 4 aliphatic rings. The number of hydrogen-bond acceptors (Lipinski definition) is 10. The summed E-state index contributed by atoms with van der Waals surface area (Å²) in [6.45, 7) is 4.38. The fourth-order valence-corrected chi connectivity index (χ4v) is 6.10. The predicted octanol–water partition coefficient (Wildman–Crippen LogP) is -1.71. The molecule has 0 aliphatic carbocycles. The van der Waals surface area contributed by atoms with Gasteiger partial charge in [0.25, 0.3) is 11.6 Å². The number of benzene rings is 1. The van der Waals surface area contributed by atoms with E-state index in [1.54, 1.807) is 49.0 Å². The number of piperazine rings is 1. The van der Waals surface area contributed by atoms with Crippen LogP contribution in [0.2, 0.25) is 0 Å². The van der Waals surface area contributed by atoms with E-state index in [2.05, 4.69) is 27.3 Å². The van der Waals surface area contributed by atoms with Gasteiger partial charge in [0.05, 0.1) is 23.0 Å². The molecule has 1 aromatic carbocycles. The van der Waals surface area contributed by atoms with E-state index in [0.717, 1.165) is 4.90 Å². The van der Waals surface area contributed by atoms with Crippen LogP contribution in [-0.4, -0.2) is 94.0 Å². The van der Waals surface area contributed by atoms with Gasteiger partial charge in [-0.25, -0.2) is 10.1 Å². The van der Waals surface area contributed by atoms with Crippen molar-refractivity contribution in [3.8, 4) is 0 Å². The average molecular weight is 638 g/mol. The van der Waals surface area contributed by atoms with Gasteiger partial charge in [-0.1, -0.05) is 37.3 Å². The molecule has 3 atom stereocenters. The zero-order valence-electron chi connectivity index (χ0n) is 24.4. The third kappa shape index (κ3) is 7.13. The fourth-order valence-electron chi connectivity index (χ4n) is 4.87. The average Bonchev–Trinajstić information content (AvgIpc) is 3.05. The number of imide groups is 1. The van der Waals surface area contributed by atoms with E-state index in [9.17, 15) is 38.7 Å². The summed E-state index contributed by atoms with van der Waals surface area (Å²) in [4.78, 5) is 86.6. The quantitative estimate of drug-likeness (QED) is 0.110. The molecular weight excluding hydrogens is 606 g/mol. The molecule has 1 unspecified atom stereocenters. The van der Waals surface area contributed by atoms with E-state index < -0.39 is 35.8 Å². The number of allylic oxidation sites excluding steroid dienone is 1. The highest BCUT2D eigenvalue weighted by Crippen LogP contribution is 2.40. The second-order valence-electron chi connectivity index (χ2n) is 10.0. The summed E-state index contributed by atoms with van der Waals surface area (Å²) in [5, 5.41) is 21.2. The molecule has 0 saturated carbocycles. The van der Waals surface area contributed by atoms with Crippen molar-refractivity contribution in [3.05, 3.63) is 71.3 Å². The van der Waals surface area contributed by atoms with Gasteiger partial charge in [-0.2, -0.15) is 0 Å². The molecule has 2 fully saturated rings. The van der Waals surface area contributed by atoms with Crippen molar-refractivity contribution in [2.75, 3.05) is 31.9 Å². The molecule has 0 aromatic heterocycles. The second kappa shape index (κ2) is 14.5. The molecule has 45 heavy (non-hydrogen) atoms. The number of carbonyl (C=O) groups is 7. The zero-order chi connectivity index (χ0) is 32.7. The summed E-state index contributed by atoms with van der Waals surface area (Å²) in [5.41, 5.74) is 1.13. The highest BCUT2D eigenvalue weighted by molar-refractivity contribution is 8.00. The van der Waals surface area contributed by atoms with Crippen molar-refractivity contribution in [3.63, 3.8) is 0 Å². The van der Waals surface area contributed by atoms with E-state index in [0.29, 0.717) is 30.0 Å². The lowest BCUT2D eigenvalue weighted by Gasteiger charge is -2.48. The third-order valence-electron chi connectivity index (χ3n) is 7.30. The number of amides is 7. The van der Waals surface area contributed by atoms with Crippen molar-refractivity contribution in [1.82, 2.24) is 36.0 Å². The number of carboxylic acid groups (broad SMARTS) is 1. The number of β-lactam (4-membered cyclic amide) rings is 1. The molecule has 1 aromatic rings. The summed E-state index contributed by atoms with van der Waals surface area (Å²) >= 11 is 1.58. The van der Waals surface area contributed by atoms with Gasteiger partial charge in [-0.05, 0) is 18.6 Å². The summed E-state index contributed by atoms with van der Waals surface area (Å²) in [5.74, 6) is -3.10. The van der Waals surface area contributed by atoms with E-state index >= 15 is 0 Å². The monoisotopic (exact) mass is 637 g/mol. The lowest BCUT2D eigenvalue weighted by atomic mass is 9.99. The lowest BCUT2D eigenvalue weighted by Crippen LogP contribution is -2.60. The van der Waals surface area contributed by atoms with Gasteiger partial charge in [0.15, 0.2) is 0 Å². The maximum Gasteiger partial charge on any atom is 0.325 e. The van der Waals surface area contributed by atoms with Gasteiger partial charge in [0, 0.05) is 25.4 Å². The number of rotatable bonds is 8. The van der Waals surface area contributed by atoms with Crippen molar-refractivity contribution in [1.29, 1.82) is 0 Å². The van der Waals surface area contributed by atoms with Gasteiger partial charge >= 0.3 is 17.8 Å². The van der Waals surface area contributed by atoms with E-state index in [1.807, 2.05) is 6.92 Å². The standard InChI is InChI=1S/C21H22N6O5.C8H9NO3S/c1-2-26-10-11-27(20(31)19(26)30)21(32)25-17(14-6-4-3-5-7-14)18(29)24-16-12-22-9-8-15(16)23-13-28;1-4-6(10)9-5(8(11)12)2-3-13-7(4)9/h3-7,9,13,17H,2,10-12H2,1H3,(H3-,22,23,24,25,28,29,30,31,32);2,4,7H,3H2,1H3,(H,11,12)/t;4-,7-/m.0/s1. The zero-order valence-corrected chi connectivity index (χ0v) is 25.2. The Labute approximate surface area is 262 Å². The number of carbonyl (C=O) groups excluding carboxylic acids is 7. The Morgan fingerprint density at radius 1 is 1.16 bits per heavy atom. The molecule has 4 N–H and O–H groups in total. The predicted molar refractivity (Wildman–Crippen MR) is 157 cm³/mol. The number of carboxylic acids is 1. The van der Waals surface area contributed by atoms with Crippen molar-refractivity contribution < 1.29 is 38.7 Å². The van der Waals surface area contributed by atoms with Gasteiger partial charge in [0.2, 0.25) is 18.0 Å². The first-order valence-electron chi connectivity index (χ1n) is 14.0. The molecule has 0 spiro atoms. The summed E-state index contributed by atoms with van der Waals surface area (Å²) in [6, 6.07) is 6.45. The Balaban J connectivity index is 0.000000293. The fraction of sp³-hybridized carbons (Fsp3) is 0.345. The van der Waals surface area contributed by atoms with Crippen LogP contribution in [0.5, 0.6) is 0 Å². The molecule has 15 nitrogen and oxygen atoms in total. The highest BCUT2D eigenvalue weighted by atomic mass is 32.2. The minimum Gasteiger partial charge on any atom is -0.543 e. The minimum atomic E-state index is -1.26. The Hall–Kier alpha value is -5.21. The number of likely N-dealkylation sites (N-methyl/N-ethyl adjacent to an activating group) is 1. The van der Waals surface area contributed by atoms with E-state index in [1.165, 1.54) is 22.1 Å². The number of nitrogens with one attached hydrogen (secondary N) is 4. The maximum absolute atomic E-state index is 13.1. The first-order valence-corrected chi connectivity index (χ1v) is 15.0. The number of dihydropyridines is 1. The largest absolute Gasteiger partial charge is 0.543 e. The van der Waals surface area contributed by atoms with Crippen LogP contribution in [0.25, 0.3) is 0 Å². The van der Waals surface area contributed by atoms with Crippen LogP contribution in [0.3, 0.4) is 0 Å². The molecule has 7 amide bonds. The third-order valence-corrected chi connectivity index (χ3v) is 8.62. The second-order valence-corrected chi connectivity index (χ2v) is 11.2. The number of thioether (sulfide) groups is 1. The number of nitrogens with zero attached hydrogens (tertiary/aromatic N) is 3. The molecule has 4 heterocycles. The van der Waals surface area contributed by atoms with E-state index in [4.69, 9.17) is 0 Å². The maximum atomic E-state index is 13.1. The first-order chi connectivity index (χ1) is 21.6. The van der Waals surface area contributed by atoms with Crippen molar-refractivity contribution >= 4 is 53.8 Å². The van der Waals surface area contributed by atoms with Gasteiger partial charge in [-0.15, -0.1) is 11.8 Å². The summed E-state index contributed by atoms with van der Waals surface area (Å²) in [6.07, 6.45) is 6.26. The van der Waals surface area contributed by atoms with Crippen molar-refractivity contribution in [2.45, 2.75) is 25.3 Å². The normalized spacial score (nSPS) is 21.1. The Morgan fingerprint density at radius 2 is 1.89 bits per heavy atom. The van der Waals surface area contributed by atoms with Crippen LogP contribution in [0.4, 0.5) is 4.79 Å². The number of fused-ring (bicyclic) bond motifs is 1. The van der Waals surface area contributed by atoms with Gasteiger partial charge in [0.1, 0.15) is 24.9 Å². The molecular formula is C29H31N7O8S. The topological polar surface area (TPSA) is 200 Å². The Bertz CT molecular complexity index is 1480. The lowest BCUT2D eigenvalue weighted by molar-refractivity contribution is -0.301. The summed E-state index contributed by atoms with van der Waals surface area (Å²) in [7, 11) is 0.